The number of likely N-dealkylation sites (N-methyl/N-ethyl adjacent to an activating group) is 1. The molecule has 1 heterocycles. The van der Waals surface area contributed by atoms with Crippen LogP contribution in [0.1, 0.15) is 18.1 Å². The number of benzene rings is 2. The highest BCUT2D eigenvalue weighted by atomic mass is 16.5. The monoisotopic (exact) mass is 438 g/mol. The van der Waals surface area contributed by atoms with Crippen LogP contribution in [0.15, 0.2) is 48.5 Å². The van der Waals surface area contributed by atoms with Gasteiger partial charge < -0.3 is 15.0 Å². The highest BCUT2D eigenvalue weighted by molar-refractivity contribution is 5.93. The van der Waals surface area contributed by atoms with Crippen LogP contribution in [0, 0.1) is 0 Å². The fourth-order valence-corrected chi connectivity index (χ4v) is 3.85. The van der Waals surface area contributed by atoms with Gasteiger partial charge in [0.1, 0.15) is 5.75 Å². The van der Waals surface area contributed by atoms with E-state index in [1.165, 1.54) is 0 Å². The van der Waals surface area contributed by atoms with Gasteiger partial charge in [0.05, 0.1) is 20.2 Å². The fraction of sp³-hybridized carbons (Fsp3) is 0.440. The molecule has 1 aliphatic rings. The van der Waals surface area contributed by atoms with Crippen molar-refractivity contribution in [1.82, 2.24) is 14.7 Å². The Morgan fingerprint density at radius 1 is 0.969 bits per heavy atom. The number of para-hydroxylation sites is 1. The lowest BCUT2D eigenvalue weighted by atomic mass is 10.1. The third-order valence-electron chi connectivity index (χ3n) is 5.87. The lowest BCUT2D eigenvalue weighted by molar-refractivity contribution is -0.132. The minimum absolute atomic E-state index is 0.00894. The first-order valence-electron chi connectivity index (χ1n) is 11.2. The van der Waals surface area contributed by atoms with Crippen LogP contribution in [0.25, 0.3) is 0 Å². The summed E-state index contributed by atoms with van der Waals surface area (Å²) in [5.41, 5.74) is 3.11. The zero-order valence-corrected chi connectivity index (χ0v) is 19.3. The van der Waals surface area contributed by atoms with Gasteiger partial charge >= 0.3 is 0 Å². The van der Waals surface area contributed by atoms with Crippen molar-refractivity contribution < 1.29 is 14.3 Å². The summed E-state index contributed by atoms with van der Waals surface area (Å²) in [6.07, 6.45) is 0.885. The van der Waals surface area contributed by atoms with Crippen LogP contribution in [0.5, 0.6) is 5.75 Å². The molecule has 2 aromatic rings. The van der Waals surface area contributed by atoms with Crippen LogP contribution in [-0.4, -0.2) is 79.9 Å². The van der Waals surface area contributed by atoms with Crippen molar-refractivity contribution in [3.8, 4) is 5.75 Å². The van der Waals surface area contributed by atoms with Gasteiger partial charge in [0.2, 0.25) is 11.8 Å². The van der Waals surface area contributed by atoms with Gasteiger partial charge in [-0.05, 0) is 35.7 Å². The molecule has 2 amide bonds. The summed E-state index contributed by atoms with van der Waals surface area (Å²) in [5.74, 6) is 0.918. The molecule has 1 saturated heterocycles. The number of amides is 2. The second-order valence-corrected chi connectivity index (χ2v) is 8.21. The Labute approximate surface area is 190 Å². The maximum atomic E-state index is 12.6. The third kappa shape index (κ3) is 6.80. The normalized spacial score (nSPS) is 14.7. The molecule has 0 radical (unpaired) electrons. The van der Waals surface area contributed by atoms with E-state index in [0.717, 1.165) is 55.2 Å². The minimum atomic E-state index is 0.00894. The van der Waals surface area contributed by atoms with Crippen LogP contribution < -0.4 is 10.1 Å². The fourth-order valence-electron chi connectivity index (χ4n) is 3.85. The highest BCUT2D eigenvalue weighted by Gasteiger charge is 2.22. The Morgan fingerprint density at radius 3 is 2.22 bits per heavy atom. The molecule has 0 atom stereocenters. The average Bonchev–Trinajstić information content (AvgIpc) is 2.81. The number of aryl methyl sites for hydroxylation is 1. The number of ether oxygens (including phenoxy) is 1. The van der Waals surface area contributed by atoms with Crippen LogP contribution in [0.4, 0.5) is 5.69 Å². The molecule has 7 nitrogen and oxygen atoms in total. The first-order valence-corrected chi connectivity index (χ1v) is 11.2. The molecule has 0 saturated carbocycles. The molecule has 3 rings (SSSR count). The Kier molecular flexibility index (Phi) is 8.64. The summed E-state index contributed by atoms with van der Waals surface area (Å²) in [4.78, 5) is 31.2. The zero-order chi connectivity index (χ0) is 22.9. The van der Waals surface area contributed by atoms with Gasteiger partial charge in [-0.25, -0.2) is 0 Å². The molecule has 1 aliphatic heterocycles. The third-order valence-corrected chi connectivity index (χ3v) is 5.87. The van der Waals surface area contributed by atoms with E-state index in [0.29, 0.717) is 19.6 Å². The molecule has 0 aromatic heterocycles. The Balaban J connectivity index is 1.40. The number of rotatable bonds is 9. The molecule has 1 fully saturated rings. The van der Waals surface area contributed by atoms with E-state index in [4.69, 9.17) is 4.74 Å². The van der Waals surface area contributed by atoms with Gasteiger partial charge in [0.15, 0.2) is 0 Å². The summed E-state index contributed by atoms with van der Waals surface area (Å²) in [6.45, 7) is 6.54. The minimum Gasteiger partial charge on any atom is -0.497 e. The first kappa shape index (κ1) is 23.8. The maximum Gasteiger partial charge on any atom is 0.238 e. The maximum absolute atomic E-state index is 12.6. The predicted octanol–water partition coefficient (Wildman–Crippen LogP) is 2.47. The largest absolute Gasteiger partial charge is 0.497 e. The lowest BCUT2D eigenvalue weighted by Gasteiger charge is -2.34. The molecule has 0 aliphatic carbocycles. The van der Waals surface area contributed by atoms with Crippen molar-refractivity contribution in [2.24, 2.45) is 0 Å². The zero-order valence-electron chi connectivity index (χ0n) is 19.3. The van der Waals surface area contributed by atoms with Crippen molar-refractivity contribution in [3.63, 3.8) is 0 Å². The molecule has 1 N–H and O–H groups in total. The lowest BCUT2D eigenvalue weighted by Crippen LogP contribution is -2.51. The Morgan fingerprint density at radius 2 is 1.59 bits per heavy atom. The number of carbonyl (C=O) groups excluding carboxylic acids is 2. The quantitative estimate of drug-likeness (QED) is 0.652. The summed E-state index contributed by atoms with van der Waals surface area (Å²) in [7, 11) is 3.48. The van der Waals surface area contributed by atoms with E-state index in [9.17, 15) is 9.59 Å². The Bertz CT molecular complexity index is 892. The second-order valence-electron chi connectivity index (χ2n) is 8.21. The van der Waals surface area contributed by atoms with Crippen LogP contribution in [0.3, 0.4) is 0 Å². The van der Waals surface area contributed by atoms with E-state index < -0.39 is 0 Å². The number of nitrogens with one attached hydrogen (secondary N) is 1. The van der Waals surface area contributed by atoms with Crippen molar-refractivity contribution in [3.05, 3.63) is 59.7 Å². The van der Waals surface area contributed by atoms with E-state index >= 15 is 0 Å². The van der Waals surface area contributed by atoms with Gasteiger partial charge in [0.25, 0.3) is 0 Å². The number of nitrogens with zero attached hydrogens (tertiary/aromatic N) is 3. The molecule has 7 heteroatoms. The smallest absolute Gasteiger partial charge is 0.238 e. The SMILES string of the molecule is CCc1ccccc1NC(=O)CN1CCN(CC(=O)N(C)Cc2ccc(OC)cc2)CC1. The van der Waals surface area contributed by atoms with Gasteiger partial charge in [-0.3, -0.25) is 19.4 Å². The van der Waals surface area contributed by atoms with Crippen molar-refractivity contribution in [2.75, 3.05) is 58.7 Å². The molecule has 32 heavy (non-hydrogen) atoms. The molecular formula is C25H34N4O3. The van der Waals surface area contributed by atoms with E-state index in [1.54, 1.807) is 12.0 Å². The highest BCUT2D eigenvalue weighted by Crippen LogP contribution is 2.16. The topological polar surface area (TPSA) is 65.1 Å². The molecule has 0 spiro atoms. The summed E-state index contributed by atoms with van der Waals surface area (Å²) in [5, 5.41) is 3.03. The van der Waals surface area contributed by atoms with Crippen LogP contribution >= 0.6 is 0 Å². The number of piperazine rings is 1. The van der Waals surface area contributed by atoms with E-state index in [-0.39, 0.29) is 11.8 Å². The van der Waals surface area contributed by atoms with Gasteiger partial charge in [-0.2, -0.15) is 0 Å². The molecule has 172 valence electrons. The van der Waals surface area contributed by atoms with E-state index in [2.05, 4.69) is 22.0 Å². The van der Waals surface area contributed by atoms with Crippen LogP contribution in [0.2, 0.25) is 0 Å². The summed E-state index contributed by atoms with van der Waals surface area (Å²) < 4.78 is 5.18. The summed E-state index contributed by atoms with van der Waals surface area (Å²) in [6, 6.07) is 15.7. The predicted molar refractivity (Wildman–Crippen MR) is 127 cm³/mol. The molecule has 2 aromatic carbocycles. The van der Waals surface area contributed by atoms with Gasteiger partial charge in [-0.1, -0.05) is 37.3 Å². The van der Waals surface area contributed by atoms with Gasteiger partial charge in [0, 0.05) is 45.5 Å². The first-order chi connectivity index (χ1) is 15.5. The number of hydrogen-bond donors (Lipinski definition) is 1. The molecular weight excluding hydrogens is 404 g/mol. The second kappa shape index (κ2) is 11.6. The van der Waals surface area contributed by atoms with Gasteiger partial charge in [-0.15, -0.1) is 0 Å². The van der Waals surface area contributed by atoms with Crippen molar-refractivity contribution in [1.29, 1.82) is 0 Å². The summed E-state index contributed by atoms with van der Waals surface area (Å²) >= 11 is 0. The average molecular weight is 439 g/mol. The van der Waals surface area contributed by atoms with Crippen molar-refractivity contribution in [2.45, 2.75) is 19.9 Å². The number of anilines is 1. The molecule has 0 bridgehead atoms. The van der Waals surface area contributed by atoms with Crippen LogP contribution in [-0.2, 0) is 22.6 Å². The molecule has 0 unspecified atom stereocenters. The van der Waals surface area contributed by atoms with Crippen molar-refractivity contribution >= 4 is 17.5 Å². The number of carbonyl (C=O) groups is 2. The standard InChI is InChI=1S/C25H34N4O3/c1-4-21-7-5-6-8-23(21)26-24(30)18-28-13-15-29(16-14-28)19-25(31)27(2)17-20-9-11-22(32-3)12-10-20/h5-12H,4,13-19H2,1-3H3,(H,26,30). The number of hydrogen-bond acceptors (Lipinski definition) is 5. The van der Waals surface area contributed by atoms with E-state index in [1.807, 2.05) is 55.6 Å². The Hall–Kier alpha value is -2.90. The number of methoxy groups -OCH3 is 1.